The first-order valence-electron chi connectivity index (χ1n) is 21.4. The summed E-state index contributed by atoms with van der Waals surface area (Å²) in [7, 11) is -4.74. The molecule has 1 heterocycles. The molecule has 0 aliphatic carbocycles. The van der Waals surface area contributed by atoms with Crippen LogP contribution < -0.4 is 5.73 Å². The highest BCUT2D eigenvalue weighted by atomic mass is 31.2. The monoisotopic (exact) mass is 823 g/mol. The van der Waals surface area contributed by atoms with Gasteiger partial charge in [0.1, 0.15) is 12.6 Å². The molecule has 4 N–H and O–H groups in total. The zero-order chi connectivity index (χ0) is 41.8. The van der Waals surface area contributed by atoms with E-state index in [9.17, 15) is 23.8 Å². The SMILES string of the molecule is CCCCC/C=C\C/C=C\C/C=C\C/C=C\CCCC(=O)O[C@H](COC(=O)CCCCCCC/C=C\CC1OC1CCCCC)COP(=O)(O)OC[C@H](N)C(=O)O. The Balaban J connectivity index is 2.34. The molecule has 57 heavy (non-hydrogen) atoms. The van der Waals surface area contributed by atoms with Gasteiger partial charge in [0.15, 0.2) is 6.10 Å². The molecular formula is C44H74NO11P. The van der Waals surface area contributed by atoms with Crippen molar-refractivity contribution in [3.63, 3.8) is 0 Å². The van der Waals surface area contributed by atoms with Crippen LogP contribution in [0.4, 0.5) is 0 Å². The Morgan fingerprint density at radius 1 is 0.649 bits per heavy atom. The van der Waals surface area contributed by atoms with E-state index in [0.717, 1.165) is 64.2 Å². The third-order valence-corrected chi connectivity index (χ3v) is 10.1. The zero-order valence-electron chi connectivity index (χ0n) is 34.9. The molecule has 0 aromatic heterocycles. The number of unbranched alkanes of at least 4 members (excludes halogenated alkanes) is 11. The number of phosphoric ester groups is 1. The summed E-state index contributed by atoms with van der Waals surface area (Å²) in [6.45, 7) is 2.65. The van der Waals surface area contributed by atoms with Crippen molar-refractivity contribution in [2.75, 3.05) is 19.8 Å². The number of esters is 2. The standard InChI is InChI=1S/C44H74NO11P/c1-3-5-7-8-9-10-11-12-13-14-15-16-17-18-23-26-30-34-43(47)55-38(36-53-57(50,51)54-37-39(45)44(48)49)35-52-42(46)33-29-25-22-20-19-21-24-28-32-41-40(56-41)31-27-6-4-2/h9-10,12-13,15-16,18,23-24,28,38-41H,3-8,11,14,17,19-22,25-27,29-37,45H2,1-2H3,(H,48,49)(H,50,51)/b10-9-,13-12-,16-15-,23-18-,28-24-/t38-,39+,40?,41?/m1/s1. The Morgan fingerprint density at radius 3 is 1.82 bits per heavy atom. The average molecular weight is 824 g/mol. The summed E-state index contributed by atoms with van der Waals surface area (Å²) in [6, 6.07) is -1.54. The maximum atomic E-state index is 12.6. The maximum Gasteiger partial charge on any atom is 0.472 e. The zero-order valence-corrected chi connectivity index (χ0v) is 35.7. The van der Waals surface area contributed by atoms with Gasteiger partial charge in [0, 0.05) is 12.8 Å². The lowest BCUT2D eigenvalue weighted by Crippen LogP contribution is -2.34. The number of nitrogens with two attached hydrogens (primary N) is 1. The molecule has 0 bridgehead atoms. The van der Waals surface area contributed by atoms with Gasteiger partial charge in [-0.15, -0.1) is 0 Å². The third kappa shape index (κ3) is 32.8. The van der Waals surface area contributed by atoms with Crippen LogP contribution in [0.3, 0.4) is 0 Å². The smallest absolute Gasteiger partial charge is 0.472 e. The van der Waals surface area contributed by atoms with Crippen LogP contribution in [-0.2, 0) is 42.2 Å². The molecule has 326 valence electrons. The minimum atomic E-state index is -4.74. The summed E-state index contributed by atoms with van der Waals surface area (Å²) in [5, 5.41) is 8.88. The summed E-state index contributed by atoms with van der Waals surface area (Å²) in [5.74, 6) is -2.48. The molecule has 1 saturated heterocycles. The summed E-state index contributed by atoms with van der Waals surface area (Å²) in [5.41, 5.74) is 5.33. The van der Waals surface area contributed by atoms with E-state index in [4.69, 9.17) is 29.6 Å². The molecule has 0 saturated carbocycles. The first kappa shape index (κ1) is 52.2. The van der Waals surface area contributed by atoms with E-state index >= 15 is 0 Å². The van der Waals surface area contributed by atoms with Crippen LogP contribution in [-0.4, -0.2) is 72.1 Å². The van der Waals surface area contributed by atoms with E-state index in [1.165, 1.54) is 44.9 Å². The van der Waals surface area contributed by atoms with Crippen molar-refractivity contribution in [3.8, 4) is 0 Å². The van der Waals surface area contributed by atoms with Crippen molar-refractivity contribution in [1.29, 1.82) is 0 Å². The van der Waals surface area contributed by atoms with Crippen LogP contribution in [0.2, 0.25) is 0 Å². The number of carboxylic acid groups (broad SMARTS) is 1. The Hall–Kier alpha value is -2.86. The topological polar surface area (TPSA) is 184 Å². The first-order valence-corrected chi connectivity index (χ1v) is 22.9. The minimum Gasteiger partial charge on any atom is -0.480 e. The Kier molecular flexibility index (Phi) is 32.1. The van der Waals surface area contributed by atoms with Crippen LogP contribution in [0.1, 0.15) is 155 Å². The van der Waals surface area contributed by atoms with Crippen molar-refractivity contribution in [1.82, 2.24) is 0 Å². The van der Waals surface area contributed by atoms with Gasteiger partial charge in [-0.05, 0) is 77.0 Å². The molecular weight excluding hydrogens is 749 g/mol. The van der Waals surface area contributed by atoms with Crippen molar-refractivity contribution < 1.29 is 52.2 Å². The predicted molar refractivity (Wildman–Crippen MR) is 225 cm³/mol. The van der Waals surface area contributed by atoms with E-state index in [-0.39, 0.29) is 19.4 Å². The van der Waals surface area contributed by atoms with Crippen LogP contribution in [0.15, 0.2) is 60.8 Å². The lowest BCUT2D eigenvalue weighted by atomic mass is 10.1. The van der Waals surface area contributed by atoms with E-state index in [2.05, 4.69) is 67.0 Å². The van der Waals surface area contributed by atoms with Crippen molar-refractivity contribution in [2.24, 2.45) is 5.73 Å². The maximum absolute atomic E-state index is 12.6. The fourth-order valence-electron chi connectivity index (χ4n) is 5.65. The molecule has 0 radical (unpaired) electrons. The molecule has 0 aromatic carbocycles. The van der Waals surface area contributed by atoms with Crippen LogP contribution in [0.5, 0.6) is 0 Å². The number of carbonyl (C=O) groups is 3. The first-order chi connectivity index (χ1) is 27.6. The molecule has 0 spiro atoms. The summed E-state index contributed by atoms with van der Waals surface area (Å²) in [4.78, 5) is 45.9. The number of allylic oxidation sites excluding steroid dienone is 9. The van der Waals surface area contributed by atoms with Gasteiger partial charge in [0.05, 0.1) is 25.4 Å². The minimum absolute atomic E-state index is 0.0769. The van der Waals surface area contributed by atoms with E-state index in [0.29, 0.717) is 31.5 Å². The fourth-order valence-corrected chi connectivity index (χ4v) is 6.43. The number of ether oxygens (including phenoxy) is 3. The number of carboxylic acids is 1. The number of hydrogen-bond donors (Lipinski definition) is 3. The Labute approximate surface area is 343 Å². The van der Waals surface area contributed by atoms with Crippen LogP contribution in [0, 0.1) is 0 Å². The summed E-state index contributed by atoms with van der Waals surface area (Å²) < 4.78 is 38.3. The van der Waals surface area contributed by atoms with E-state index < -0.39 is 51.1 Å². The Bertz CT molecular complexity index is 1260. The average Bonchev–Trinajstić information content (AvgIpc) is 3.94. The van der Waals surface area contributed by atoms with Gasteiger partial charge in [0.25, 0.3) is 0 Å². The molecule has 1 aliphatic heterocycles. The normalized spacial score (nSPS) is 17.9. The number of hydrogen-bond acceptors (Lipinski definition) is 10. The van der Waals surface area contributed by atoms with Gasteiger partial charge in [-0.25, -0.2) is 4.57 Å². The third-order valence-electron chi connectivity index (χ3n) is 9.16. The summed E-state index contributed by atoms with van der Waals surface area (Å²) in [6.07, 6.45) is 41.8. The van der Waals surface area contributed by atoms with Gasteiger partial charge in [-0.1, -0.05) is 126 Å². The highest BCUT2D eigenvalue weighted by molar-refractivity contribution is 7.47. The molecule has 13 heteroatoms. The second kappa shape index (κ2) is 35.1. The van der Waals surface area contributed by atoms with E-state index in [1.54, 1.807) is 0 Å². The number of aliphatic carboxylic acids is 1. The van der Waals surface area contributed by atoms with Crippen molar-refractivity contribution in [3.05, 3.63) is 60.8 Å². The van der Waals surface area contributed by atoms with Crippen molar-refractivity contribution >= 4 is 25.7 Å². The molecule has 1 aliphatic rings. The van der Waals surface area contributed by atoms with Gasteiger partial charge < -0.3 is 29.9 Å². The second-order valence-electron chi connectivity index (χ2n) is 14.5. The molecule has 3 unspecified atom stereocenters. The second-order valence-corrected chi connectivity index (χ2v) is 16.0. The molecule has 0 amide bonds. The predicted octanol–water partition coefficient (Wildman–Crippen LogP) is 10.2. The van der Waals surface area contributed by atoms with Gasteiger partial charge in [0.2, 0.25) is 0 Å². The van der Waals surface area contributed by atoms with Gasteiger partial charge >= 0.3 is 25.7 Å². The highest BCUT2D eigenvalue weighted by Crippen LogP contribution is 2.43. The number of epoxide rings is 1. The van der Waals surface area contributed by atoms with Crippen molar-refractivity contribution in [2.45, 2.75) is 179 Å². The lowest BCUT2D eigenvalue weighted by molar-refractivity contribution is -0.161. The fraction of sp³-hybridized carbons (Fsp3) is 0.705. The number of carbonyl (C=O) groups excluding carboxylic acids is 2. The largest absolute Gasteiger partial charge is 0.480 e. The molecule has 12 nitrogen and oxygen atoms in total. The van der Waals surface area contributed by atoms with Crippen LogP contribution >= 0.6 is 7.82 Å². The lowest BCUT2D eigenvalue weighted by Gasteiger charge is -2.20. The molecule has 5 atom stereocenters. The van der Waals surface area contributed by atoms with Crippen LogP contribution in [0.25, 0.3) is 0 Å². The Morgan fingerprint density at radius 2 is 1.18 bits per heavy atom. The van der Waals surface area contributed by atoms with Gasteiger partial charge in [-0.2, -0.15) is 0 Å². The number of rotatable bonds is 38. The molecule has 1 rings (SSSR count). The highest BCUT2D eigenvalue weighted by Gasteiger charge is 2.36. The van der Waals surface area contributed by atoms with E-state index in [1.807, 2.05) is 12.2 Å². The number of phosphoric acid groups is 1. The molecule has 0 aromatic rings. The summed E-state index contributed by atoms with van der Waals surface area (Å²) >= 11 is 0. The quantitative estimate of drug-likeness (QED) is 0.0176. The van der Waals surface area contributed by atoms with Gasteiger partial charge in [-0.3, -0.25) is 23.4 Å². The molecule has 1 fully saturated rings.